The molecule has 0 saturated heterocycles. The highest BCUT2D eigenvalue weighted by Gasteiger charge is 2.50. The van der Waals surface area contributed by atoms with Crippen LogP contribution < -0.4 is 0 Å². The molecule has 1 nitrogen and oxygen atoms in total. The fraction of sp³-hybridized carbons (Fsp3) is 0.600. The average molecular weight is 291 g/mol. The molecule has 78 valence electrons. The zero-order valence-electron chi connectivity index (χ0n) is 8.76. The van der Waals surface area contributed by atoms with Crippen LogP contribution in [0.5, 0.6) is 0 Å². The van der Waals surface area contributed by atoms with Crippen molar-refractivity contribution in [3.05, 3.63) is 20.8 Å². The van der Waals surface area contributed by atoms with Crippen LogP contribution in [0, 0.1) is 0 Å². The van der Waals surface area contributed by atoms with Gasteiger partial charge in [0.1, 0.15) is 0 Å². The number of rotatable bonds is 3. The summed E-state index contributed by atoms with van der Waals surface area (Å²) in [4.78, 5) is 1.39. The first-order valence-electron chi connectivity index (χ1n) is 4.87. The molecule has 0 N–H and O–H groups in total. The number of hydrogen-bond acceptors (Lipinski definition) is 2. The van der Waals surface area contributed by atoms with Gasteiger partial charge < -0.3 is 4.43 Å². The number of halogens is 1. The van der Waals surface area contributed by atoms with Crippen LogP contribution in [0.4, 0.5) is 0 Å². The summed E-state index contributed by atoms with van der Waals surface area (Å²) in [5.74, 6) is 0. The molecule has 0 aromatic carbocycles. The highest BCUT2D eigenvalue weighted by atomic mass is 79.9. The third-order valence-electron chi connectivity index (χ3n) is 2.24. The van der Waals surface area contributed by atoms with Crippen molar-refractivity contribution >= 4 is 35.6 Å². The maximum Gasteiger partial charge on any atom is 0.185 e. The maximum absolute atomic E-state index is 6.28. The Balaban J connectivity index is 2.22. The van der Waals surface area contributed by atoms with Crippen molar-refractivity contribution in [1.29, 1.82) is 0 Å². The SMILES string of the molecule is C[Si](C)(C)OC1(c2sccc2Br)CC1. The van der Waals surface area contributed by atoms with Crippen molar-refractivity contribution in [2.75, 3.05) is 0 Å². The first kappa shape index (κ1) is 10.9. The van der Waals surface area contributed by atoms with E-state index in [4.69, 9.17) is 4.43 Å². The molecular formula is C10H15BrOSSi. The summed E-state index contributed by atoms with van der Waals surface area (Å²) in [6.07, 6.45) is 2.38. The molecule has 0 spiro atoms. The van der Waals surface area contributed by atoms with E-state index in [1.54, 1.807) is 0 Å². The zero-order valence-corrected chi connectivity index (χ0v) is 12.2. The van der Waals surface area contributed by atoms with E-state index in [-0.39, 0.29) is 5.60 Å². The third kappa shape index (κ3) is 2.13. The topological polar surface area (TPSA) is 9.23 Å². The van der Waals surface area contributed by atoms with Crippen LogP contribution in [0.3, 0.4) is 0 Å². The van der Waals surface area contributed by atoms with Gasteiger partial charge in [-0.2, -0.15) is 0 Å². The normalized spacial score (nSPS) is 19.7. The zero-order chi connectivity index (χ0) is 10.4. The smallest absolute Gasteiger partial charge is 0.185 e. The standard InChI is InChI=1S/C10H15BrOSSi/c1-14(2,3)12-10(5-6-10)9-8(11)4-7-13-9/h4,7H,5-6H2,1-3H3. The van der Waals surface area contributed by atoms with Crippen molar-refractivity contribution in [1.82, 2.24) is 0 Å². The number of hydrogen-bond donors (Lipinski definition) is 0. The van der Waals surface area contributed by atoms with Crippen LogP contribution in [0.25, 0.3) is 0 Å². The molecule has 1 saturated carbocycles. The minimum Gasteiger partial charge on any atom is -0.407 e. The molecule has 0 bridgehead atoms. The summed E-state index contributed by atoms with van der Waals surface area (Å²) in [5.41, 5.74) is 0.0808. The molecule has 0 atom stereocenters. The molecule has 0 amide bonds. The Labute approximate surface area is 98.7 Å². The molecule has 0 radical (unpaired) electrons. The van der Waals surface area contributed by atoms with Gasteiger partial charge in [-0.15, -0.1) is 11.3 Å². The van der Waals surface area contributed by atoms with Gasteiger partial charge in [0.2, 0.25) is 0 Å². The van der Waals surface area contributed by atoms with Gasteiger partial charge in [-0.1, -0.05) is 0 Å². The minimum absolute atomic E-state index is 0.0808. The predicted octanol–water partition coefficient (Wildman–Crippen LogP) is 4.35. The largest absolute Gasteiger partial charge is 0.407 e. The van der Waals surface area contributed by atoms with Crippen LogP contribution in [0.2, 0.25) is 19.6 Å². The lowest BCUT2D eigenvalue weighted by atomic mass is 10.3. The molecule has 1 fully saturated rings. The van der Waals surface area contributed by atoms with E-state index in [9.17, 15) is 0 Å². The van der Waals surface area contributed by atoms with E-state index < -0.39 is 8.32 Å². The fourth-order valence-corrected chi connectivity index (χ4v) is 5.18. The molecule has 1 aromatic heterocycles. The molecule has 4 heteroatoms. The molecule has 0 unspecified atom stereocenters. The highest BCUT2D eigenvalue weighted by Crippen LogP contribution is 2.54. The second-order valence-electron chi connectivity index (χ2n) is 4.81. The first-order chi connectivity index (χ1) is 6.43. The molecule has 1 aliphatic rings. The first-order valence-corrected chi connectivity index (χ1v) is 9.95. The lowest BCUT2D eigenvalue weighted by Crippen LogP contribution is -2.31. The number of thiophene rings is 1. The monoisotopic (exact) mass is 290 g/mol. The second kappa shape index (κ2) is 3.44. The van der Waals surface area contributed by atoms with E-state index in [0.29, 0.717) is 0 Å². The van der Waals surface area contributed by atoms with E-state index in [0.717, 1.165) is 0 Å². The predicted molar refractivity (Wildman–Crippen MR) is 67.4 cm³/mol. The summed E-state index contributed by atoms with van der Waals surface area (Å²) in [6, 6.07) is 2.12. The van der Waals surface area contributed by atoms with Gasteiger partial charge in [0.15, 0.2) is 8.32 Å². The Hall–Kier alpha value is 0.357. The molecule has 1 heterocycles. The Kier molecular flexibility index (Phi) is 2.67. The van der Waals surface area contributed by atoms with E-state index in [2.05, 4.69) is 47.0 Å². The summed E-state index contributed by atoms with van der Waals surface area (Å²) < 4.78 is 7.50. The Morgan fingerprint density at radius 3 is 2.43 bits per heavy atom. The van der Waals surface area contributed by atoms with Gasteiger partial charge >= 0.3 is 0 Å². The van der Waals surface area contributed by atoms with Gasteiger partial charge in [0, 0.05) is 9.35 Å². The molecule has 1 aromatic rings. The average Bonchev–Trinajstić information content (AvgIpc) is 2.62. The fourth-order valence-electron chi connectivity index (χ4n) is 1.69. The quantitative estimate of drug-likeness (QED) is 0.752. The van der Waals surface area contributed by atoms with E-state index in [1.807, 2.05) is 11.3 Å². The molecule has 14 heavy (non-hydrogen) atoms. The molecular weight excluding hydrogens is 276 g/mol. The van der Waals surface area contributed by atoms with Crippen molar-refractivity contribution in [3.63, 3.8) is 0 Å². The van der Waals surface area contributed by atoms with Gasteiger partial charge in [0.05, 0.1) is 5.60 Å². The van der Waals surface area contributed by atoms with Gasteiger partial charge in [-0.25, -0.2) is 0 Å². The van der Waals surface area contributed by atoms with Gasteiger partial charge in [-0.3, -0.25) is 0 Å². The Morgan fingerprint density at radius 1 is 1.43 bits per heavy atom. The van der Waals surface area contributed by atoms with Crippen LogP contribution in [-0.4, -0.2) is 8.32 Å². The van der Waals surface area contributed by atoms with Crippen LogP contribution in [-0.2, 0) is 10.0 Å². The third-order valence-corrected chi connectivity index (χ3v) is 5.26. The lowest BCUT2D eigenvalue weighted by molar-refractivity contribution is 0.176. The van der Waals surface area contributed by atoms with E-state index >= 15 is 0 Å². The summed E-state index contributed by atoms with van der Waals surface area (Å²) in [6.45, 7) is 6.78. The summed E-state index contributed by atoms with van der Waals surface area (Å²) >= 11 is 5.41. The van der Waals surface area contributed by atoms with Crippen LogP contribution >= 0.6 is 27.3 Å². The lowest BCUT2D eigenvalue weighted by Gasteiger charge is -2.25. The van der Waals surface area contributed by atoms with Gasteiger partial charge in [-0.05, 0) is 59.9 Å². The maximum atomic E-state index is 6.28. The van der Waals surface area contributed by atoms with E-state index in [1.165, 1.54) is 22.2 Å². The van der Waals surface area contributed by atoms with Crippen molar-refractivity contribution in [2.24, 2.45) is 0 Å². The van der Waals surface area contributed by atoms with Crippen molar-refractivity contribution in [2.45, 2.75) is 38.1 Å². The van der Waals surface area contributed by atoms with Crippen LogP contribution in [0.15, 0.2) is 15.9 Å². The summed E-state index contributed by atoms with van der Waals surface area (Å²) in [7, 11) is -1.42. The minimum atomic E-state index is -1.42. The van der Waals surface area contributed by atoms with Crippen molar-refractivity contribution in [3.8, 4) is 0 Å². The molecule has 0 aliphatic heterocycles. The molecule has 2 rings (SSSR count). The Bertz CT molecular complexity index is 338. The Morgan fingerprint density at radius 2 is 2.07 bits per heavy atom. The second-order valence-corrected chi connectivity index (χ2v) is 11.0. The summed E-state index contributed by atoms with van der Waals surface area (Å²) in [5, 5.41) is 2.13. The molecule has 1 aliphatic carbocycles. The highest BCUT2D eigenvalue weighted by molar-refractivity contribution is 9.10. The van der Waals surface area contributed by atoms with Crippen LogP contribution in [0.1, 0.15) is 17.7 Å². The van der Waals surface area contributed by atoms with Crippen molar-refractivity contribution < 1.29 is 4.43 Å². The van der Waals surface area contributed by atoms with Gasteiger partial charge in [0.25, 0.3) is 0 Å².